The van der Waals surface area contributed by atoms with E-state index < -0.39 is 26.3 Å². The van der Waals surface area contributed by atoms with Crippen LogP contribution in [0.4, 0.5) is 0 Å². The lowest BCUT2D eigenvalue weighted by Gasteiger charge is -2.30. The standard InChI is InChI=1S/C10H11NO6S/c12-4-2-1-3-9(14)17-10-6-11-7(13)5-8(11)18(10,15)16/h4,6,8H,1-3,5H2/t8-/m0/s1. The third kappa shape index (κ3) is 2.03. The van der Waals surface area contributed by atoms with Crippen molar-refractivity contribution in [2.45, 2.75) is 31.1 Å². The summed E-state index contributed by atoms with van der Waals surface area (Å²) in [6.07, 6.45) is 2.12. The topological polar surface area (TPSA) is 97.8 Å². The lowest BCUT2D eigenvalue weighted by molar-refractivity contribution is -0.140. The molecule has 2 heterocycles. The zero-order valence-electron chi connectivity index (χ0n) is 9.37. The number of sulfone groups is 1. The molecule has 0 N–H and O–H groups in total. The Kier molecular flexibility index (Phi) is 3.20. The van der Waals surface area contributed by atoms with Crippen molar-refractivity contribution in [3.8, 4) is 0 Å². The number of rotatable bonds is 5. The van der Waals surface area contributed by atoms with Crippen molar-refractivity contribution in [2.75, 3.05) is 0 Å². The summed E-state index contributed by atoms with van der Waals surface area (Å²) < 4.78 is 28.3. The molecule has 0 aromatic rings. The van der Waals surface area contributed by atoms with Gasteiger partial charge in [-0.2, -0.15) is 0 Å². The van der Waals surface area contributed by atoms with Crippen LogP contribution in [0.1, 0.15) is 25.7 Å². The molecule has 0 unspecified atom stereocenters. The molecular formula is C10H11NO6S. The highest BCUT2D eigenvalue weighted by atomic mass is 32.2. The summed E-state index contributed by atoms with van der Waals surface area (Å²) >= 11 is 0. The van der Waals surface area contributed by atoms with Crippen LogP contribution >= 0.6 is 0 Å². The predicted molar refractivity (Wildman–Crippen MR) is 58.3 cm³/mol. The first-order valence-electron chi connectivity index (χ1n) is 5.38. The van der Waals surface area contributed by atoms with Crippen molar-refractivity contribution < 1.29 is 27.5 Å². The molecule has 0 aliphatic carbocycles. The van der Waals surface area contributed by atoms with Gasteiger partial charge in [0.15, 0.2) is 5.37 Å². The summed E-state index contributed by atoms with van der Waals surface area (Å²) in [4.78, 5) is 33.5. The van der Waals surface area contributed by atoms with Crippen molar-refractivity contribution in [3.05, 3.63) is 11.3 Å². The van der Waals surface area contributed by atoms with Crippen molar-refractivity contribution >= 4 is 28.0 Å². The molecule has 0 aromatic carbocycles. The lowest BCUT2D eigenvalue weighted by atomic mass is 10.2. The molecule has 8 heteroatoms. The van der Waals surface area contributed by atoms with E-state index in [0.29, 0.717) is 12.7 Å². The van der Waals surface area contributed by atoms with Crippen LogP contribution in [0.2, 0.25) is 0 Å². The zero-order valence-corrected chi connectivity index (χ0v) is 10.2. The molecule has 0 spiro atoms. The number of nitrogens with zero attached hydrogens (tertiary/aromatic N) is 1. The molecule has 18 heavy (non-hydrogen) atoms. The van der Waals surface area contributed by atoms with Gasteiger partial charge in [-0.1, -0.05) is 0 Å². The summed E-state index contributed by atoms with van der Waals surface area (Å²) in [7, 11) is -3.73. The van der Waals surface area contributed by atoms with Gasteiger partial charge in [0.1, 0.15) is 6.29 Å². The number of esters is 1. The number of β-lactam (4-membered cyclic amide) rings is 1. The Labute approximate surface area is 103 Å². The number of unbranched alkanes of at least 4 members (excludes halogenated alkanes) is 1. The molecule has 1 fully saturated rings. The largest absolute Gasteiger partial charge is 0.412 e. The van der Waals surface area contributed by atoms with Crippen LogP contribution in [0.15, 0.2) is 11.3 Å². The van der Waals surface area contributed by atoms with E-state index in [1.54, 1.807) is 0 Å². The van der Waals surface area contributed by atoms with Gasteiger partial charge in [0.05, 0.1) is 12.6 Å². The third-order valence-corrected chi connectivity index (χ3v) is 4.61. The van der Waals surface area contributed by atoms with Gasteiger partial charge in [0.25, 0.3) is 0 Å². The molecule has 1 amide bonds. The van der Waals surface area contributed by atoms with E-state index in [-0.39, 0.29) is 25.2 Å². The van der Waals surface area contributed by atoms with Gasteiger partial charge in [-0.05, 0) is 6.42 Å². The van der Waals surface area contributed by atoms with E-state index in [1.807, 2.05) is 0 Å². The van der Waals surface area contributed by atoms with Crippen molar-refractivity contribution in [1.82, 2.24) is 4.90 Å². The maximum atomic E-state index is 11.8. The summed E-state index contributed by atoms with van der Waals surface area (Å²) in [6, 6.07) is 0. The molecule has 2 rings (SSSR count). The first-order chi connectivity index (χ1) is 8.46. The van der Waals surface area contributed by atoms with Gasteiger partial charge >= 0.3 is 5.97 Å². The van der Waals surface area contributed by atoms with Crippen LogP contribution in [-0.2, 0) is 29.0 Å². The summed E-state index contributed by atoms with van der Waals surface area (Å²) in [6.45, 7) is 0. The maximum Gasteiger partial charge on any atom is 0.311 e. The molecule has 0 aromatic heterocycles. The normalized spacial score (nSPS) is 24.0. The van der Waals surface area contributed by atoms with E-state index in [2.05, 4.69) is 0 Å². The average molecular weight is 273 g/mol. The second kappa shape index (κ2) is 4.52. The number of hydrogen-bond acceptors (Lipinski definition) is 6. The molecule has 7 nitrogen and oxygen atoms in total. The van der Waals surface area contributed by atoms with Crippen LogP contribution < -0.4 is 0 Å². The van der Waals surface area contributed by atoms with Crippen LogP contribution in [0.25, 0.3) is 0 Å². The molecular weight excluding hydrogens is 262 g/mol. The van der Waals surface area contributed by atoms with Gasteiger partial charge in [0, 0.05) is 12.8 Å². The molecule has 2 aliphatic rings. The van der Waals surface area contributed by atoms with E-state index in [1.165, 1.54) is 0 Å². The molecule has 98 valence electrons. The fraction of sp³-hybridized carbons (Fsp3) is 0.500. The highest BCUT2D eigenvalue weighted by Gasteiger charge is 2.52. The quantitative estimate of drug-likeness (QED) is 0.295. The Morgan fingerprint density at radius 2 is 2.28 bits per heavy atom. The van der Waals surface area contributed by atoms with Gasteiger partial charge in [-0.15, -0.1) is 0 Å². The summed E-state index contributed by atoms with van der Waals surface area (Å²) in [5.41, 5.74) is 0. The highest BCUT2D eigenvalue weighted by Crippen LogP contribution is 2.36. The molecule has 1 saturated heterocycles. The van der Waals surface area contributed by atoms with Crippen molar-refractivity contribution in [2.24, 2.45) is 0 Å². The fourth-order valence-corrected chi connectivity index (χ4v) is 3.29. The van der Waals surface area contributed by atoms with Crippen molar-refractivity contribution in [3.63, 3.8) is 0 Å². The Morgan fingerprint density at radius 1 is 1.56 bits per heavy atom. The van der Waals surface area contributed by atoms with Crippen LogP contribution in [0, 0.1) is 0 Å². The fourth-order valence-electron chi connectivity index (χ4n) is 1.71. The second-order valence-corrected chi connectivity index (χ2v) is 6.02. The van der Waals surface area contributed by atoms with Crippen molar-refractivity contribution in [1.29, 1.82) is 0 Å². The number of aldehydes is 1. The van der Waals surface area contributed by atoms with Gasteiger partial charge < -0.3 is 9.53 Å². The Hall–Kier alpha value is -1.70. The lowest BCUT2D eigenvalue weighted by Crippen LogP contribution is -2.49. The summed E-state index contributed by atoms with van der Waals surface area (Å²) in [5, 5.41) is -1.39. The van der Waals surface area contributed by atoms with Gasteiger partial charge in [-0.3, -0.25) is 14.5 Å². The number of ether oxygens (including phenoxy) is 1. The minimum Gasteiger partial charge on any atom is -0.412 e. The van der Waals surface area contributed by atoms with Crippen LogP contribution in [-0.4, -0.2) is 36.9 Å². The average Bonchev–Trinajstić information content (AvgIpc) is 2.49. The number of hydrogen-bond donors (Lipinski definition) is 0. The molecule has 0 radical (unpaired) electrons. The van der Waals surface area contributed by atoms with Gasteiger partial charge in [0.2, 0.25) is 20.8 Å². The maximum absolute atomic E-state index is 11.8. The number of amides is 1. The Balaban J connectivity index is 1.99. The first-order valence-corrected chi connectivity index (χ1v) is 6.92. The molecule has 0 bridgehead atoms. The number of carbonyl (C=O) groups excluding carboxylic acids is 3. The first kappa shape index (κ1) is 12.7. The monoisotopic (exact) mass is 273 g/mol. The molecule has 2 aliphatic heterocycles. The van der Waals surface area contributed by atoms with Gasteiger partial charge in [-0.25, -0.2) is 8.42 Å². The minimum atomic E-state index is -3.73. The van der Waals surface area contributed by atoms with E-state index in [4.69, 9.17) is 4.74 Å². The Bertz CT molecular complexity index is 535. The van der Waals surface area contributed by atoms with E-state index in [0.717, 1.165) is 11.1 Å². The highest BCUT2D eigenvalue weighted by molar-refractivity contribution is 7.96. The van der Waals surface area contributed by atoms with E-state index in [9.17, 15) is 22.8 Å². The molecule has 0 saturated carbocycles. The number of carbonyl (C=O) groups is 3. The third-order valence-electron chi connectivity index (χ3n) is 2.75. The summed E-state index contributed by atoms with van der Waals surface area (Å²) in [5.74, 6) is -1.03. The second-order valence-electron chi connectivity index (χ2n) is 3.99. The van der Waals surface area contributed by atoms with E-state index >= 15 is 0 Å². The zero-order chi connectivity index (χ0) is 13.3. The minimum absolute atomic E-state index is 0.0375. The molecule has 1 atom stereocenters. The smallest absolute Gasteiger partial charge is 0.311 e. The van der Waals surface area contributed by atoms with Crippen LogP contribution in [0.5, 0.6) is 0 Å². The Morgan fingerprint density at radius 3 is 2.83 bits per heavy atom. The van der Waals surface area contributed by atoms with Crippen LogP contribution in [0.3, 0.4) is 0 Å². The number of fused-ring (bicyclic) bond motifs is 1. The SMILES string of the molecule is O=CCCCC(=O)OC1=CN2C(=O)C[C@@H]2S1(=O)=O. The predicted octanol–water partition coefficient (Wildman–Crippen LogP) is -0.315.